The number of rotatable bonds is 6. The zero-order valence-corrected chi connectivity index (χ0v) is 14.0. The highest BCUT2D eigenvalue weighted by Crippen LogP contribution is 2.25. The summed E-state index contributed by atoms with van der Waals surface area (Å²) in [6.07, 6.45) is 7.71. The molecule has 1 N–H and O–H groups in total. The van der Waals surface area contributed by atoms with E-state index in [2.05, 4.69) is 10.3 Å². The maximum atomic E-state index is 11.9. The first-order valence-corrected chi connectivity index (χ1v) is 9.70. The number of aromatic nitrogens is 1. The zero-order valence-electron chi connectivity index (χ0n) is 12.4. The van der Waals surface area contributed by atoms with Crippen LogP contribution in [0.5, 0.6) is 0 Å². The van der Waals surface area contributed by atoms with Gasteiger partial charge in [0.2, 0.25) is 5.91 Å². The van der Waals surface area contributed by atoms with Crippen LogP contribution in [0.25, 0.3) is 10.8 Å². The Balaban J connectivity index is 1.40. The molecule has 1 amide bonds. The second kappa shape index (κ2) is 7.83. The second-order valence-electron chi connectivity index (χ2n) is 5.52. The molecule has 0 atom stereocenters. The average Bonchev–Trinajstić information content (AvgIpc) is 3.19. The van der Waals surface area contributed by atoms with E-state index in [1.54, 1.807) is 29.4 Å². The van der Waals surface area contributed by atoms with Gasteiger partial charge in [-0.3, -0.25) is 4.79 Å². The summed E-state index contributed by atoms with van der Waals surface area (Å²) in [6, 6.07) is 4.17. The fraction of sp³-hybridized carbons (Fsp3) is 0.500. The first-order chi connectivity index (χ1) is 10.8. The second-order valence-corrected chi connectivity index (χ2v) is 7.36. The molecule has 0 bridgehead atoms. The largest absolute Gasteiger partial charge is 0.462 e. The molecule has 22 heavy (non-hydrogen) atoms. The van der Waals surface area contributed by atoms with Crippen molar-refractivity contribution < 1.29 is 9.21 Å². The minimum atomic E-state index is 0.151. The van der Waals surface area contributed by atoms with Gasteiger partial charge in [0.25, 0.3) is 0 Å². The van der Waals surface area contributed by atoms with Crippen molar-refractivity contribution in [3.8, 4) is 10.8 Å². The quantitative estimate of drug-likeness (QED) is 0.863. The first-order valence-electron chi connectivity index (χ1n) is 7.66. The number of nitrogens with one attached hydrogen (secondary N) is 1. The van der Waals surface area contributed by atoms with Crippen LogP contribution in [-0.4, -0.2) is 22.7 Å². The van der Waals surface area contributed by atoms with E-state index in [9.17, 15) is 4.79 Å². The van der Waals surface area contributed by atoms with Gasteiger partial charge in [-0.25, -0.2) is 4.98 Å². The van der Waals surface area contributed by atoms with E-state index in [1.165, 1.54) is 19.3 Å². The van der Waals surface area contributed by atoms with Crippen LogP contribution in [0.3, 0.4) is 0 Å². The molecule has 3 rings (SSSR count). The molecule has 0 spiro atoms. The topological polar surface area (TPSA) is 55.1 Å². The van der Waals surface area contributed by atoms with E-state index in [1.807, 2.05) is 17.5 Å². The van der Waals surface area contributed by atoms with Crippen LogP contribution >= 0.6 is 23.1 Å². The minimum Gasteiger partial charge on any atom is -0.462 e. The number of carbonyl (C=O) groups is 1. The summed E-state index contributed by atoms with van der Waals surface area (Å²) >= 11 is 3.19. The molecule has 0 radical (unpaired) electrons. The third-order valence-corrected chi connectivity index (χ3v) is 5.61. The van der Waals surface area contributed by atoms with Crippen LogP contribution in [0.15, 0.2) is 28.2 Å². The van der Waals surface area contributed by atoms with Crippen molar-refractivity contribution in [3.63, 3.8) is 0 Å². The van der Waals surface area contributed by atoms with Crippen LogP contribution in [0.4, 0.5) is 0 Å². The van der Waals surface area contributed by atoms with Gasteiger partial charge in [0.05, 0.1) is 17.7 Å². The molecule has 1 aliphatic rings. The lowest BCUT2D eigenvalue weighted by molar-refractivity contribution is -0.119. The Morgan fingerprint density at radius 1 is 1.41 bits per heavy atom. The summed E-state index contributed by atoms with van der Waals surface area (Å²) in [7, 11) is 0. The van der Waals surface area contributed by atoms with Crippen LogP contribution in [0, 0.1) is 0 Å². The minimum absolute atomic E-state index is 0.151. The van der Waals surface area contributed by atoms with E-state index >= 15 is 0 Å². The number of carbonyl (C=O) groups excluding carboxylic acids is 1. The molecule has 2 aromatic rings. The summed E-state index contributed by atoms with van der Waals surface area (Å²) in [5.74, 6) is 2.22. The highest BCUT2D eigenvalue weighted by Gasteiger charge is 2.15. The van der Waals surface area contributed by atoms with Crippen LogP contribution in [-0.2, 0) is 10.5 Å². The maximum absolute atomic E-state index is 11.9. The Hall–Kier alpha value is -1.27. The normalized spacial score (nSPS) is 15.8. The van der Waals surface area contributed by atoms with Crippen LogP contribution in [0.2, 0.25) is 0 Å². The summed E-state index contributed by atoms with van der Waals surface area (Å²) in [6.45, 7) is 0. The summed E-state index contributed by atoms with van der Waals surface area (Å²) in [4.78, 5) is 16.5. The SMILES string of the molecule is O=C(CSCc1csc(-c2ccco2)n1)NC1CCCCC1. The first kappa shape index (κ1) is 15.6. The summed E-state index contributed by atoms with van der Waals surface area (Å²) < 4.78 is 5.34. The lowest BCUT2D eigenvalue weighted by Crippen LogP contribution is -2.37. The summed E-state index contributed by atoms with van der Waals surface area (Å²) in [5, 5.41) is 6.07. The molecular weight excluding hydrogens is 316 g/mol. The lowest BCUT2D eigenvalue weighted by Gasteiger charge is -2.22. The number of thiazole rings is 1. The predicted octanol–water partition coefficient (Wildman–Crippen LogP) is 4.09. The van der Waals surface area contributed by atoms with E-state index < -0.39 is 0 Å². The fourth-order valence-corrected chi connectivity index (χ4v) is 4.27. The number of amides is 1. The van der Waals surface area contributed by atoms with Crippen LogP contribution < -0.4 is 5.32 Å². The Labute approximate surface area is 138 Å². The van der Waals surface area contributed by atoms with Crippen molar-refractivity contribution in [1.29, 1.82) is 0 Å². The standard InChI is InChI=1S/C16H20N2O2S2/c19-15(17-12-5-2-1-3-6-12)11-21-9-13-10-22-16(18-13)14-7-4-8-20-14/h4,7-8,10,12H,1-3,5-6,9,11H2,(H,17,19). The number of hydrogen-bond acceptors (Lipinski definition) is 5. The zero-order chi connectivity index (χ0) is 15.2. The molecule has 1 saturated carbocycles. The summed E-state index contributed by atoms with van der Waals surface area (Å²) in [5.41, 5.74) is 1.01. The third kappa shape index (κ3) is 4.36. The molecule has 1 aliphatic carbocycles. The Bertz CT molecular complexity index is 589. The molecule has 2 aromatic heterocycles. The highest BCUT2D eigenvalue weighted by molar-refractivity contribution is 7.99. The number of thioether (sulfide) groups is 1. The molecule has 0 saturated heterocycles. The van der Waals surface area contributed by atoms with Gasteiger partial charge in [0.15, 0.2) is 10.8 Å². The van der Waals surface area contributed by atoms with Crippen molar-refractivity contribution in [2.24, 2.45) is 0 Å². The molecule has 4 nitrogen and oxygen atoms in total. The fourth-order valence-electron chi connectivity index (χ4n) is 2.65. The van der Waals surface area contributed by atoms with E-state index in [0.717, 1.165) is 35.1 Å². The third-order valence-electron chi connectivity index (χ3n) is 3.74. The smallest absolute Gasteiger partial charge is 0.230 e. The van der Waals surface area contributed by atoms with Gasteiger partial charge < -0.3 is 9.73 Å². The number of hydrogen-bond donors (Lipinski definition) is 1. The van der Waals surface area contributed by atoms with Gasteiger partial charge >= 0.3 is 0 Å². The van der Waals surface area contributed by atoms with Crippen molar-refractivity contribution >= 4 is 29.0 Å². The Kier molecular flexibility index (Phi) is 5.56. The van der Waals surface area contributed by atoms with Gasteiger partial charge in [-0.1, -0.05) is 19.3 Å². The van der Waals surface area contributed by atoms with Crippen molar-refractivity contribution in [3.05, 3.63) is 29.5 Å². The molecule has 118 valence electrons. The van der Waals surface area contributed by atoms with Gasteiger partial charge in [-0.15, -0.1) is 23.1 Å². The van der Waals surface area contributed by atoms with Gasteiger partial charge in [-0.2, -0.15) is 0 Å². The molecule has 0 aliphatic heterocycles. The van der Waals surface area contributed by atoms with Gasteiger partial charge in [0.1, 0.15) is 0 Å². The highest BCUT2D eigenvalue weighted by atomic mass is 32.2. The lowest BCUT2D eigenvalue weighted by atomic mass is 9.95. The monoisotopic (exact) mass is 336 g/mol. The number of nitrogens with zero attached hydrogens (tertiary/aromatic N) is 1. The molecule has 1 fully saturated rings. The van der Waals surface area contributed by atoms with Gasteiger partial charge in [0, 0.05) is 17.2 Å². The molecular formula is C16H20N2O2S2. The van der Waals surface area contributed by atoms with Crippen molar-refractivity contribution in [1.82, 2.24) is 10.3 Å². The maximum Gasteiger partial charge on any atom is 0.230 e. The van der Waals surface area contributed by atoms with E-state index in [-0.39, 0.29) is 5.91 Å². The molecule has 0 aromatic carbocycles. The Morgan fingerprint density at radius 3 is 3.05 bits per heavy atom. The van der Waals surface area contributed by atoms with Gasteiger partial charge in [-0.05, 0) is 25.0 Å². The van der Waals surface area contributed by atoms with Crippen molar-refractivity contribution in [2.45, 2.75) is 43.9 Å². The average molecular weight is 336 g/mol. The van der Waals surface area contributed by atoms with Crippen LogP contribution in [0.1, 0.15) is 37.8 Å². The Morgan fingerprint density at radius 2 is 2.27 bits per heavy atom. The van der Waals surface area contributed by atoms with Crippen molar-refractivity contribution in [2.75, 3.05) is 5.75 Å². The van der Waals surface area contributed by atoms with E-state index in [0.29, 0.717) is 11.8 Å². The number of furan rings is 1. The van der Waals surface area contributed by atoms with E-state index in [4.69, 9.17) is 4.42 Å². The molecule has 2 heterocycles. The molecule has 6 heteroatoms. The molecule has 0 unspecified atom stereocenters. The predicted molar refractivity (Wildman–Crippen MR) is 91.0 cm³/mol.